The van der Waals surface area contributed by atoms with Gasteiger partial charge in [0, 0.05) is 16.1 Å². The second kappa shape index (κ2) is 4.74. The maximum atomic E-state index is 5.26. The van der Waals surface area contributed by atoms with Gasteiger partial charge in [-0.1, -0.05) is 28.1 Å². The molecule has 3 nitrogen and oxygen atoms in total. The molecule has 0 amide bonds. The van der Waals surface area contributed by atoms with Gasteiger partial charge in [0.1, 0.15) is 0 Å². The summed E-state index contributed by atoms with van der Waals surface area (Å²) >= 11 is 8.80. The second-order valence-electron chi connectivity index (χ2n) is 4.23. The molecule has 0 radical (unpaired) electrons. The van der Waals surface area contributed by atoms with Crippen LogP contribution < -0.4 is 0 Å². The molecule has 2 rings (SSSR count). The molecular weight excluding hydrogens is 298 g/mol. The summed E-state index contributed by atoms with van der Waals surface area (Å²) in [6.45, 7) is 6.27. The molecule has 0 saturated heterocycles. The first kappa shape index (κ1) is 12.5. The number of nitrogens with one attached hydrogen (secondary N) is 1. The Kier molecular flexibility index (Phi) is 3.49. The van der Waals surface area contributed by atoms with Crippen molar-refractivity contribution in [1.29, 1.82) is 0 Å². The lowest BCUT2D eigenvalue weighted by molar-refractivity contribution is 0.597. The van der Waals surface area contributed by atoms with Crippen LogP contribution in [0.15, 0.2) is 22.7 Å². The Balaban J connectivity index is 2.69. The van der Waals surface area contributed by atoms with Crippen LogP contribution in [0, 0.1) is 11.7 Å². The maximum absolute atomic E-state index is 5.26. The van der Waals surface area contributed by atoms with Crippen molar-refractivity contribution in [2.24, 2.45) is 0 Å². The molecule has 90 valence electrons. The monoisotopic (exact) mass is 311 g/mol. The van der Waals surface area contributed by atoms with Crippen molar-refractivity contribution >= 4 is 28.1 Å². The summed E-state index contributed by atoms with van der Waals surface area (Å²) in [4.78, 5) is 0. The first-order valence-electron chi connectivity index (χ1n) is 5.44. The summed E-state index contributed by atoms with van der Waals surface area (Å²) in [5.74, 6) is 0.892. The molecule has 0 aliphatic rings. The predicted octanol–water partition coefficient (Wildman–Crippen LogP) is 4.26. The van der Waals surface area contributed by atoms with Gasteiger partial charge in [-0.3, -0.25) is 9.67 Å². The van der Waals surface area contributed by atoms with E-state index in [0.29, 0.717) is 4.77 Å². The fourth-order valence-electron chi connectivity index (χ4n) is 1.82. The molecule has 2 aromatic rings. The number of nitrogens with zero attached hydrogens (tertiary/aromatic N) is 2. The molecule has 0 aliphatic carbocycles. The van der Waals surface area contributed by atoms with E-state index in [-0.39, 0.29) is 6.04 Å². The van der Waals surface area contributed by atoms with Crippen molar-refractivity contribution in [3.8, 4) is 11.4 Å². The van der Waals surface area contributed by atoms with Crippen LogP contribution in [-0.4, -0.2) is 14.8 Å². The number of H-pyrrole nitrogens is 1. The summed E-state index contributed by atoms with van der Waals surface area (Å²) in [6, 6.07) is 6.38. The third-order valence-electron chi connectivity index (χ3n) is 2.73. The van der Waals surface area contributed by atoms with Crippen LogP contribution in [0.5, 0.6) is 0 Å². The Morgan fingerprint density at radius 3 is 2.76 bits per heavy atom. The largest absolute Gasteiger partial charge is 0.298 e. The average molecular weight is 312 g/mol. The highest BCUT2D eigenvalue weighted by molar-refractivity contribution is 9.10. The minimum Gasteiger partial charge on any atom is -0.298 e. The summed E-state index contributed by atoms with van der Waals surface area (Å²) in [5.41, 5.74) is 2.27. The van der Waals surface area contributed by atoms with E-state index in [9.17, 15) is 0 Å². The van der Waals surface area contributed by atoms with E-state index in [2.05, 4.69) is 53.0 Å². The molecule has 0 aliphatic heterocycles. The van der Waals surface area contributed by atoms with Crippen molar-refractivity contribution < 1.29 is 0 Å². The normalized spacial score (nSPS) is 11.1. The van der Waals surface area contributed by atoms with Crippen LogP contribution in [0.25, 0.3) is 11.4 Å². The third kappa shape index (κ3) is 2.21. The van der Waals surface area contributed by atoms with Gasteiger partial charge >= 0.3 is 0 Å². The SMILES string of the molecule is Cc1c(Br)cccc1-c1n[nH]c(=S)n1C(C)C. The van der Waals surface area contributed by atoms with E-state index in [1.54, 1.807) is 0 Å². The lowest BCUT2D eigenvalue weighted by Crippen LogP contribution is -2.04. The molecule has 1 N–H and O–H groups in total. The lowest BCUT2D eigenvalue weighted by Gasteiger charge is -2.12. The molecule has 1 aromatic carbocycles. The summed E-state index contributed by atoms with van der Waals surface area (Å²) in [7, 11) is 0. The second-order valence-corrected chi connectivity index (χ2v) is 5.47. The average Bonchev–Trinajstić information content (AvgIpc) is 2.64. The van der Waals surface area contributed by atoms with Gasteiger partial charge in [0.05, 0.1) is 0 Å². The number of hydrogen-bond acceptors (Lipinski definition) is 2. The Hall–Kier alpha value is -0.940. The minimum absolute atomic E-state index is 0.287. The zero-order valence-electron chi connectivity index (χ0n) is 9.99. The predicted molar refractivity (Wildman–Crippen MR) is 75.7 cm³/mol. The van der Waals surface area contributed by atoms with E-state index in [4.69, 9.17) is 12.2 Å². The number of aromatic nitrogens is 3. The van der Waals surface area contributed by atoms with Crippen LogP contribution in [0.3, 0.4) is 0 Å². The van der Waals surface area contributed by atoms with Gasteiger partial charge < -0.3 is 0 Å². The summed E-state index contributed by atoms with van der Waals surface area (Å²) in [5, 5.41) is 7.20. The number of hydrogen-bond donors (Lipinski definition) is 1. The van der Waals surface area contributed by atoms with Gasteiger partial charge in [-0.05, 0) is 44.6 Å². The van der Waals surface area contributed by atoms with Gasteiger partial charge in [0.2, 0.25) is 0 Å². The number of rotatable bonds is 2. The lowest BCUT2D eigenvalue weighted by atomic mass is 10.1. The van der Waals surface area contributed by atoms with Gasteiger partial charge in [-0.25, -0.2) is 0 Å². The molecule has 0 atom stereocenters. The van der Waals surface area contributed by atoms with Gasteiger partial charge in [0.25, 0.3) is 0 Å². The first-order valence-corrected chi connectivity index (χ1v) is 6.65. The Morgan fingerprint density at radius 2 is 2.12 bits per heavy atom. The van der Waals surface area contributed by atoms with E-state index in [0.717, 1.165) is 15.9 Å². The van der Waals surface area contributed by atoms with E-state index < -0.39 is 0 Å². The topological polar surface area (TPSA) is 33.6 Å². The number of benzene rings is 1. The van der Waals surface area contributed by atoms with Crippen LogP contribution in [0.4, 0.5) is 0 Å². The maximum Gasteiger partial charge on any atom is 0.195 e. The minimum atomic E-state index is 0.287. The number of halogens is 1. The standard InChI is InChI=1S/C12H14BrN3S/c1-7(2)16-11(14-15-12(16)17)9-5-4-6-10(13)8(9)3/h4-7H,1-3H3,(H,15,17). The summed E-state index contributed by atoms with van der Waals surface area (Å²) in [6.07, 6.45) is 0. The van der Waals surface area contributed by atoms with Crippen molar-refractivity contribution in [1.82, 2.24) is 14.8 Å². The highest BCUT2D eigenvalue weighted by atomic mass is 79.9. The molecule has 1 heterocycles. The molecule has 1 aromatic heterocycles. The van der Waals surface area contributed by atoms with Crippen molar-refractivity contribution in [2.75, 3.05) is 0 Å². The first-order chi connectivity index (χ1) is 8.02. The van der Waals surface area contributed by atoms with E-state index in [1.165, 1.54) is 5.56 Å². The van der Waals surface area contributed by atoms with E-state index >= 15 is 0 Å². The molecule has 0 unspecified atom stereocenters. The van der Waals surface area contributed by atoms with E-state index in [1.807, 2.05) is 16.7 Å². The van der Waals surface area contributed by atoms with Crippen molar-refractivity contribution in [3.63, 3.8) is 0 Å². The molecular formula is C12H14BrN3S. The highest BCUT2D eigenvalue weighted by Gasteiger charge is 2.14. The Labute approximate surface area is 114 Å². The Morgan fingerprint density at radius 1 is 1.41 bits per heavy atom. The fourth-order valence-corrected chi connectivity index (χ4v) is 2.53. The third-order valence-corrected chi connectivity index (χ3v) is 3.88. The molecule has 5 heteroatoms. The molecule has 0 bridgehead atoms. The zero-order valence-corrected chi connectivity index (χ0v) is 12.4. The van der Waals surface area contributed by atoms with Crippen LogP contribution in [0.1, 0.15) is 25.5 Å². The highest BCUT2D eigenvalue weighted by Crippen LogP contribution is 2.28. The van der Waals surface area contributed by atoms with Crippen LogP contribution >= 0.6 is 28.1 Å². The zero-order chi connectivity index (χ0) is 12.6. The van der Waals surface area contributed by atoms with Crippen LogP contribution in [0.2, 0.25) is 0 Å². The van der Waals surface area contributed by atoms with Gasteiger partial charge in [-0.2, -0.15) is 5.10 Å². The molecule has 17 heavy (non-hydrogen) atoms. The summed E-state index contributed by atoms with van der Waals surface area (Å²) < 4.78 is 3.78. The smallest absolute Gasteiger partial charge is 0.195 e. The van der Waals surface area contributed by atoms with Gasteiger partial charge in [0.15, 0.2) is 10.6 Å². The molecule has 0 spiro atoms. The van der Waals surface area contributed by atoms with Crippen molar-refractivity contribution in [2.45, 2.75) is 26.8 Å². The molecule has 0 saturated carbocycles. The quantitative estimate of drug-likeness (QED) is 0.841. The molecule has 0 fully saturated rings. The van der Waals surface area contributed by atoms with Crippen LogP contribution in [-0.2, 0) is 0 Å². The van der Waals surface area contributed by atoms with Crippen molar-refractivity contribution in [3.05, 3.63) is 33.0 Å². The van der Waals surface area contributed by atoms with Gasteiger partial charge in [-0.15, -0.1) is 0 Å². The number of aromatic amines is 1. The Bertz CT molecular complexity index is 598. The fraction of sp³-hybridized carbons (Fsp3) is 0.333.